The number of aliphatic carboxylic acids is 2. The number of carbonyl (C=O) groups excluding carboxylic acids is 2. The number of hydrogen-bond acceptors (Lipinski definition) is 7. The van der Waals surface area contributed by atoms with E-state index in [4.69, 9.17) is 15.4 Å². The highest BCUT2D eigenvalue weighted by molar-refractivity contribution is 7.97. The number of nitrogens with one attached hydrogen (secondary N) is 3. The zero-order valence-corrected chi connectivity index (χ0v) is 11.8. The van der Waals surface area contributed by atoms with Crippen LogP contribution in [0.2, 0.25) is 0 Å². The SMILES string of the molecule is O=C(O)CCCC(=O)N[C@@H](CSNO)C(=O)NCC(=O)O. The van der Waals surface area contributed by atoms with Crippen molar-refractivity contribution in [3.8, 4) is 0 Å². The summed E-state index contributed by atoms with van der Waals surface area (Å²) < 4.78 is 0. The van der Waals surface area contributed by atoms with Crippen LogP contribution in [0.1, 0.15) is 19.3 Å². The monoisotopic (exact) mass is 323 g/mol. The summed E-state index contributed by atoms with van der Waals surface area (Å²) in [5.74, 6) is -3.55. The average molecular weight is 323 g/mol. The summed E-state index contributed by atoms with van der Waals surface area (Å²) >= 11 is 0.738. The summed E-state index contributed by atoms with van der Waals surface area (Å²) in [5, 5.41) is 29.8. The van der Waals surface area contributed by atoms with Gasteiger partial charge in [-0.05, 0) is 6.42 Å². The maximum Gasteiger partial charge on any atom is 0.322 e. The van der Waals surface area contributed by atoms with Crippen molar-refractivity contribution in [3.05, 3.63) is 0 Å². The van der Waals surface area contributed by atoms with Crippen LogP contribution in [0.15, 0.2) is 0 Å². The molecule has 0 unspecified atom stereocenters. The van der Waals surface area contributed by atoms with Crippen LogP contribution in [0.3, 0.4) is 0 Å². The molecular formula is C10H17N3O7S. The van der Waals surface area contributed by atoms with Gasteiger partial charge in [-0.3, -0.25) is 19.2 Å². The third kappa shape index (κ3) is 10.6. The molecule has 0 saturated heterocycles. The Labute approximate surface area is 124 Å². The second-order valence-electron chi connectivity index (χ2n) is 3.88. The van der Waals surface area contributed by atoms with E-state index in [1.165, 1.54) is 0 Å². The van der Waals surface area contributed by atoms with Gasteiger partial charge in [-0.2, -0.15) is 0 Å². The van der Waals surface area contributed by atoms with Crippen LogP contribution in [0, 0.1) is 0 Å². The first-order chi connectivity index (χ1) is 9.86. The second-order valence-corrected chi connectivity index (χ2v) is 4.69. The highest BCUT2D eigenvalue weighted by Gasteiger charge is 2.21. The fourth-order valence-corrected chi connectivity index (χ4v) is 1.73. The lowest BCUT2D eigenvalue weighted by atomic mass is 10.2. The van der Waals surface area contributed by atoms with Gasteiger partial charge >= 0.3 is 11.9 Å². The summed E-state index contributed by atoms with van der Waals surface area (Å²) in [6.07, 6.45) is -0.126. The quantitative estimate of drug-likeness (QED) is 0.197. The molecule has 6 N–H and O–H groups in total. The van der Waals surface area contributed by atoms with Crippen LogP contribution < -0.4 is 15.5 Å². The molecule has 0 bridgehead atoms. The lowest BCUT2D eigenvalue weighted by molar-refractivity contribution is -0.138. The van der Waals surface area contributed by atoms with Gasteiger partial charge in [-0.15, -0.1) is 4.89 Å². The van der Waals surface area contributed by atoms with E-state index in [9.17, 15) is 19.2 Å². The number of carbonyl (C=O) groups is 4. The fraction of sp³-hybridized carbons (Fsp3) is 0.600. The standard InChI is InChI=1S/C10H17N3O7S/c14-7(2-1-3-8(15)16)12-6(5-21-13-20)10(19)11-4-9(17)18/h6,13,20H,1-5H2,(H,11,19)(H,12,14)(H,15,16)(H,17,18)/t6-/m0/s1. The van der Waals surface area contributed by atoms with Crippen molar-refractivity contribution in [1.29, 1.82) is 0 Å². The smallest absolute Gasteiger partial charge is 0.322 e. The van der Waals surface area contributed by atoms with E-state index in [2.05, 4.69) is 10.6 Å². The molecule has 0 spiro atoms. The van der Waals surface area contributed by atoms with Gasteiger partial charge in [0.2, 0.25) is 11.8 Å². The van der Waals surface area contributed by atoms with Gasteiger partial charge in [0.25, 0.3) is 0 Å². The molecule has 0 rings (SSSR count). The van der Waals surface area contributed by atoms with Gasteiger partial charge in [0, 0.05) is 18.6 Å². The topological polar surface area (TPSA) is 165 Å². The molecule has 120 valence electrons. The molecular weight excluding hydrogens is 306 g/mol. The first-order valence-corrected chi connectivity index (χ1v) is 6.87. The van der Waals surface area contributed by atoms with Crippen LogP contribution in [0.4, 0.5) is 0 Å². The van der Waals surface area contributed by atoms with Gasteiger partial charge in [-0.25, -0.2) is 0 Å². The molecule has 0 aliphatic carbocycles. The molecule has 21 heavy (non-hydrogen) atoms. The van der Waals surface area contributed by atoms with E-state index in [0.717, 1.165) is 11.9 Å². The zero-order chi connectivity index (χ0) is 16.3. The molecule has 0 aliphatic rings. The van der Waals surface area contributed by atoms with Gasteiger partial charge < -0.3 is 26.1 Å². The first kappa shape index (κ1) is 19.1. The Hall–Kier alpha value is -1.85. The molecule has 0 fully saturated rings. The van der Waals surface area contributed by atoms with Crippen molar-refractivity contribution >= 4 is 35.7 Å². The van der Waals surface area contributed by atoms with Crippen LogP contribution in [-0.4, -0.2) is 57.5 Å². The lowest BCUT2D eigenvalue weighted by Gasteiger charge is -2.17. The number of amides is 2. The highest BCUT2D eigenvalue weighted by Crippen LogP contribution is 2.00. The van der Waals surface area contributed by atoms with E-state index in [1.54, 1.807) is 4.89 Å². The van der Waals surface area contributed by atoms with Crippen molar-refractivity contribution in [2.75, 3.05) is 12.3 Å². The van der Waals surface area contributed by atoms with E-state index in [0.29, 0.717) is 0 Å². The number of rotatable bonds is 11. The summed E-state index contributed by atoms with van der Waals surface area (Å²) in [7, 11) is 0. The van der Waals surface area contributed by atoms with Crippen LogP contribution in [-0.2, 0) is 19.2 Å². The Kier molecular flexibility index (Phi) is 9.92. The minimum absolute atomic E-state index is 0.0351. The largest absolute Gasteiger partial charge is 0.481 e. The molecule has 0 aromatic carbocycles. The Balaban J connectivity index is 4.32. The molecule has 0 radical (unpaired) electrons. The molecule has 0 heterocycles. The van der Waals surface area contributed by atoms with E-state index < -0.39 is 36.3 Å². The van der Waals surface area contributed by atoms with Gasteiger partial charge in [0.15, 0.2) is 0 Å². The Morgan fingerprint density at radius 2 is 1.71 bits per heavy atom. The van der Waals surface area contributed by atoms with E-state index in [-0.39, 0.29) is 25.0 Å². The molecule has 0 saturated carbocycles. The summed E-state index contributed by atoms with van der Waals surface area (Å²) in [5.41, 5.74) is 0. The van der Waals surface area contributed by atoms with Crippen molar-refractivity contribution in [2.24, 2.45) is 0 Å². The van der Waals surface area contributed by atoms with Gasteiger partial charge in [0.1, 0.15) is 12.6 Å². The van der Waals surface area contributed by atoms with Crippen LogP contribution >= 0.6 is 11.9 Å². The number of carboxylic acids is 2. The normalized spacial score (nSPS) is 11.5. The molecule has 0 aromatic rings. The Morgan fingerprint density at radius 1 is 1.05 bits per heavy atom. The number of hydrogen-bond donors (Lipinski definition) is 6. The Morgan fingerprint density at radius 3 is 2.24 bits per heavy atom. The molecule has 10 nitrogen and oxygen atoms in total. The molecule has 0 aliphatic heterocycles. The molecule has 0 aromatic heterocycles. The zero-order valence-electron chi connectivity index (χ0n) is 11.0. The third-order valence-corrected chi connectivity index (χ3v) is 2.80. The Bertz CT molecular complexity index is 391. The minimum Gasteiger partial charge on any atom is -0.481 e. The van der Waals surface area contributed by atoms with E-state index in [1.807, 2.05) is 0 Å². The summed E-state index contributed by atoms with van der Waals surface area (Å²) in [4.78, 5) is 45.6. The van der Waals surface area contributed by atoms with Crippen LogP contribution in [0.5, 0.6) is 0 Å². The third-order valence-electron chi connectivity index (χ3n) is 2.17. The average Bonchev–Trinajstić information content (AvgIpc) is 2.40. The summed E-state index contributed by atoms with van der Waals surface area (Å²) in [6, 6.07) is -1.05. The first-order valence-electron chi connectivity index (χ1n) is 5.88. The van der Waals surface area contributed by atoms with E-state index >= 15 is 0 Å². The molecule has 11 heteroatoms. The van der Waals surface area contributed by atoms with Crippen molar-refractivity contribution < 1.29 is 34.6 Å². The van der Waals surface area contributed by atoms with Crippen molar-refractivity contribution in [3.63, 3.8) is 0 Å². The summed E-state index contributed by atoms with van der Waals surface area (Å²) in [6.45, 7) is -0.596. The fourth-order valence-electron chi connectivity index (χ4n) is 1.26. The molecule has 2 amide bonds. The maximum absolute atomic E-state index is 11.7. The maximum atomic E-state index is 11.7. The predicted octanol–water partition coefficient (Wildman–Crippen LogP) is -1.45. The van der Waals surface area contributed by atoms with Crippen molar-refractivity contribution in [1.82, 2.24) is 15.5 Å². The van der Waals surface area contributed by atoms with Gasteiger partial charge in [0.05, 0.1) is 0 Å². The lowest BCUT2D eigenvalue weighted by Crippen LogP contribution is -2.49. The van der Waals surface area contributed by atoms with Crippen molar-refractivity contribution in [2.45, 2.75) is 25.3 Å². The minimum atomic E-state index is -1.23. The van der Waals surface area contributed by atoms with Crippen LogP contribution in [0.25, 0.3) is 0 Å². The second kappa shape index (κ2) is 10.9. The number of carboxylic acid groups (broad SMARTS) is 2. The predicted molar refractivity (Wildman–Crippen MR) is 71.4 cm³/mol. The van der Waals surface area contributed by atoms with Gasteiger partial charge in [-0.1, -0.05) is 11.9 Å². The molecule has 1 atom stereocenters. The highest BCUT2D eigenvalue weighted by atomic mass is 32.2.